The minimum atomic E-state index is -1.08. The van der Waals surface area contributed by atoms with E-state index in [2.05, 4.69) is 0 Å². The minimum absolute atomic E-state index is 0.0513. The van der Waals surface area contributed by atoms with Gasteiger partial charge in [-0.2, -0.15) is 0 Å². The number of carbonyl (C=O) groups excluding carboxylic acids is 1. The molecule has 82 valence electrons. The lowest BCUT2D eigenvalue weighted by atomic mass is 10.0. The molecule has 5 nitrogen and oxygen atoms in total. The molecule has 2 aliphatic rings. The van der Waals surface area contributed by atoms with E-state index in [0.29, 0.717) is 0 Å². The van der Waals surface area contributed by atoms with Crippen molar-refractivity contribution in [3.63, 3.8) is 0 Å². The standard InChI is InChI=1S/C9H12N2O3S/c1-9(2)3-4(8(13)14)11-6(12)5(10)7(11)15-9/h3,5,7H,10H2,1-2H3,(H,13,14)/t5?,7-/m0/s1. The molecule has 2 rings (SSSR count). The van der Waals surface area contributed by atoms with Crippen LogP contribution in [-0.4, -0.2) is 38.0 Å². The van der Waals surface area contributed by atoms with Crippen molar-refractivity contribution in [3.05, 3.63) is 11.8 Å². The number of nitrogens with zero attached hydrogens (tertiary/aromatic N) is 1. The molecular formula is C9H12N2O3S. The van der Waals surface area contributed by atoms with Gasteiger partial charge >= 0.3 is 5.97 Å². The Morgan fingerprint density at radius 1 is 1.67 bits per heavy atom. The lowest BCUT2D eigenvalue weighted by Gasteiger charge is -2.50. The van der Waals surface area contributed by atoms with E-state index in [1.807, 2.05) is 13.8 Å². The van der Waals surface area contributed by atoms with E-state index >= 15 is 0 Å². The first-order chi connectivity index (χ1) is 6.83. The zero-order chi connectivity index (χ0) is 11.4. The van der Waals surface area contributed by atoms with E-state index in [4.69, 9.17) is 10.8 Å². The third-order valence-corrected chi connectivity index (χ3v) is 3.94. The summed E-state index contributed by atoms with van der Waals surface area (Å²) >= 11 is 1.51. The minimum Gasteiger partial charge on any atom is -0.477 e. The van der Waals surface area contributed by atoms with Gasteiger partial charge in [0.2, 0.25) is 5.91 Å². The molecule has 0 aromatic rings. The number of nitrogens with two attached hydrogens (primary N) is 1. The summed E-state index contributed by atoms with van der Waals surface area (Å²) in [5, 5.41) is 8.75. The Morgan fingerprint density at radius 2 is 2.27 bits per heavy atom. The zero-order valence-corrected chi connectivity index (χ0v) is 9.25. The topological polar surface area (TPSA) is 83.6 Å². The summed E-state index contributed by atoms with van der Waals surface area (Å²) < 4.78 is -0.298. The van der Waals surface area contributed by atoms with Crippen LogP contribution in [0.3, 0.4) is 0 Å². The van der Waals surface area contributed by atoms with Gasteiger partial charge in [0.15, 0.2) is 0 Å². The highest BCUT2D eigenvalue weighted by atomic mass is 32.2. The number of rotatable bonds is 1. The molecule has 0 aromatic heterocycles. The fourth-order valence-electron chi connectivity index (χ4n) is 1.78. The predicted molar refractivity (Wildman–Crippen MR) is 56.0 cm³/mol. The van der Waals surface area contributed by atoms with E-state index in [9.17, 15) is 9.59 Å². The fraction of sp³-hybridized carbons (Fsp3) is 0.556. The van der Waals surface area contributed by atoms with Crippen LogP contribution in [0.25, 0.3) is 0 Å². The Balaban J connectivity index is 2.39. The zero-order valence-electron chi connectivity index (χ0n) is 8.43. The van der Waals surface area contributed by atoms with Gasteiger partial charge < -0.3 is 10.8 Å². The summed E-state index contributed by atoms with van der Waals surface area (Å²) in [5.41, 5.74) is 5.68. The normalized spacial score (nSPS) is 32.9. The van der Waals surface area contributed by atoms with Gasteiger partial charge in [-0.3, -0.25) is 9.69 Å². The van der Waals surface area contributed by atoms with Crippen LogP contribution in [0.5, 0.6) is 0 Å². The SMILES string of the molecule is CC1(C)C=C(C(=O)O)N2C(=O)C(N)[C@@H]2S1. The fourth-order valence-corrected chi connectivity index (χ4v) is 3.17. The number of hydrogen-bond acceptors (Lipinski definition) is 4. The summed E-state index contributed by atoms with van der Waals surface area (Å²) in [6.07, 6.45) is 1.60. The lowest BCUT2D eigenvalue weighted by molar-refractivity contribution is -0.147. The molecule has 2 aliphatic heterocycles. The van der Waals surface area contributed by atoms with E-state index in [1.54, 1.807) is 6.08 Å². The number of aliphatic carboxylic acids is 1. The molecule has 1 saturated heterocycles. The third kappa shape index (κ3) is 1.44. The van der Waals surface area contributed by atoms with Gasteiger partial charge in [0, 0.05) is 4.75 Å². The summed E-state index contributed by atoms with van der Waals surface area (Å²) in [6.45, 7) is 3.82. The molecule has 0 aliphatic carbocycles. The first-order valence-electron chi connectivity index (χ1n) is 4.56. The molecule has 2 atom stereocenters. The molecule has 0 aromatic carbocycles. The maximum Gasteiger partial charge on any atom is 0.352 e. The van der Waals surface area contributed by atoms with Gasteiger partial charge in [0.05, 0.1) is 0 Å². The molecular weight excluding hydrogens is 216 g/mol. The largest absolute Gasteiger partial charge is 0.477 e. The van der Waals surface area contributed by atoms with Crippen molar-refractivity contribution in [2.75, 3.05) is 0 Å². The first-order valence-corrected chi connectivity index (χ1v) is 5.44. The molecule has 3 N–H and O–H groups in total. The monoisotopic (exact) mass is 228 g/mol. The number of amides is 1. The van der Waals surface area contributed by atoms with E-state index in [-0.39, 0.29) is 21.7 Å². The molecule has 1 amide bonds. The van der Waals surface area contributed by atoms with E-state index in [1.165, 1.54) is 16.7 Å². The van der Waals surface area contributed by atoms with Crippen molar-refractivity contribution >= 4 is 23.6 Å². The molecule has 2 heterocycles. The van der Waals surface area contributed by atoms with Crippen LogP contribution in [0.15, 0.2) is 11.8 Å². The van der Waals surface area contributed by atoms with Crippen molar-refractivity contribution in [2.24, 2.45) is 5.73 Å². The molecule has 15 heavy (non-hydrogen) atoms. The average Bonchev–Trinajstić information content (AvgIpc) is 2.14. The highest BCUT2D eigenvalue weighted by Crippen LogP contribution is 2.45. The second-order valence-electron chi connectivity index (χ2n) is 4.18. The quantitative estimate of drug-likeness (QED) is 0.616. The van der Waals surface area contributed by atoms with E-state index in [0.717, 1.165) is 0 Å². The van der Waals surface area contributed by atoms with Gasteiger partial charge in [0.25, 0.3) is 0 Å². The van der Waals surface area contributed by atoms with Gasteiger partial charge in [-0.15, -0.1) is 11.8 Å². The number of thioether (sulfide) groups is 1. The Hall–Kier alpha value is -1.01. The lowest BCUT2D eigenvalue weighted by Crippen LogP contribution is -2.69. The van der Waals surface area contributed by atoms with Crippen LogP contribution in [0, 0.1) is 0 Å². The Morgan fingerprint density at radius 3 is 2.80 bits per heavy atom. The molecule has 0 radical (unpaired) electrons. The highest BCUT2D eigenvalue weighted by Gasteiger charge is 2.53. The Bertz CT molecular complexity index is 378. The molecule has 1 unspecified atom stereocenters. The third-order valence-electron chi connectivity index (χ3n) is 2.47. The second-order valence-corrected chi connectivity index (χ2v) is 5.95. The number of hydrogen-bond donors (Lipinski definition) is 2. The maximum atomic E-state index is 11.4. The Kier molecular flexibility index (Phi) is 2.09. The van der Waals surface area contributed by atoms with Crippen LogP contribution < -0.4 is 5.73 Å². The smallest absolute Gasteiger partial charge is 0.352 e. The highest BCUT2D eigenvalue weighted by molar-refractivity contribution is 8.01. The van der Waals surface area contributed by atoms with Crippen molar-refractivity contribution in [2.45, 2.75) is 30.0 Å². The Labute approximate surface area is 91.3 Å². The molecule has 0 bridgehead atoms. The van der Waals surface area contributed by atoms with Crippen molar-refractivity contribution in [1.29, 1.82) is 0 Å². The van der Waals surface area contributed by atoms with Crippen molar-refractivity contribution < 1.29 is 14.7 Å². The number of β-lactam (4-membered cyclic amide) rings is 1. The number of fused-ring (bicyclic) bond motifs is 1. The van der Waals surface area contributed by atoms with Crippen LogP contribution >= 0.6 is 11.8 Å². The van der Waals surface area contributed by atoms with Crippen molar-refractivity contribution in [1.82, 2.24) is 4.90 Å². The second kappa shape index (κ2) is 2.99. The molecule has 0 saturated carbocycles. The average molecular weight is 228 g/mol. The number of carboxylic acids is 1. The molecule has 0 spiro atoms. The summed E-state index contributed by atoms with van der Waals surface area (Å²) in [6, 6.07) is -0.572. The van der Waals surface area contributed by atoms with E-state index < -0.39 is 12.0 Å². The maximum absolute atomic E-state index is 11.4. The first kappa shape index (κ1) is 10.5. The number of carbonyl (C=O) groups is 2. The van der Waals surface area contributed by atoms with Crippen LogP contribution in [0.1, 0.15) is 13.8 Å². The predicted octanol–water partition coefficient (Wildman–Crippen LogP) is -0.0241. The number of carboxylic acid groups (broad SMARTS) is 1. The van der Waals surface area contributed by atoms with Gasteiger partial charge in [0.1, 0.15) is 17.1 Å². The van der Waals surface area contributed by atoms with Gasteiger partial charge in [-0.1, -0.05) is 0 Å². The summed E-state index contributed by atoms with van der Waals surface area (Å²) in [4.78, 5) is 23.6. The van der Waals surface area contributed by atoms with Gasteiger partial charge in [-0.25, -0.2) is 4.79 Å². The van der Waals surface area contributed by atoms with Crippen LogP contribution in [0.4, 0.5) is 0 Å². The van der Waals surface area contributed by atoms with Gasteiger partial charge in [-0.05, 0) is 19.9 Å². The van der Waals surface area contributed by atoms with Crippen molar-refractivity contribution in [3.8, 4) is 0 Å². The summed E-state index contributed by atoms with van der Waals surface area (Å²) in [7, 11) is 0. The summed E-state index contributed by atoms with van der Waals surface area (Å²) in [5.74, 6) is -1.38. The molecule has 6 heteroatoms. The van der Waals surface area contributed by atoms with Crippen LogP contribution in [0.2, 0.25) is 0 Å². The molecule has 1 fully saturated rings. The van der Waals surface area contributed by atoms with Crippen LogP contribution in [-0.2, 0) is 9.59 Å².